The number of fused-ring (bicyclic) bond motifs is 8. The standard InChI is InChI=1S/C65H64N6O18/c1-62(2,3)46-19-36-15-38-21-47(63(4,5)6)22-39(57(38)87-34-35-13-50(66(75)76)31-51(14-35)67(77)78)17-41-24-49(65(10,11)12)26-43(59(41)89-61(74)45-29-54(70(83)84)33-55(30-45)71(85)86)18-42-25-48(64(7,8)9)23-40(16-37(20-46)56(36)72)58(42)88-60(73)44-27-52(68(79)80)32-53(28-44)69(81)82/h13-14,19-33,72H,15-18,34H2,1-12H3. The fourth-order valence-corrected chi connectivity index (χ4v) is 10.3. The van der Waals surface area contributed by atoms with Crippen LogP contribution in [0.1, 0.15) is 176 Å². The molecule has 0 saturated carbocycles. The maximum atomic E-state index is 14.9. The van der Waals surface area contributed by atoms with Gasteiger partial charge in [-0.1, -0.05) is 132 Å². The lowest BCUT2D eigenvalue weighted by Crippen LogP contribution is -2.19. The first-order valence-corrected chi connectivity index (χ1v) is 28.0. The molecular formula is C65H64N6O18. The van der Waals surface area contributed by atoms with Crippen LogP contribution in [-0.2, 0) is 54.0 Å². The van der Waals surface area contributed by atoms with Crippen molar-refractivity contribution in [1.29, 1.82) is 0 Å². The fraction of sp³-hybridized carbons (Fsp3) is 0.323. The number of hydrogen-bond donors (Lipinski definition) is 1. The van der Waals surface area contributed by atoms with Crippen molar-refractivity contribution in [2.75, 3.05) is 0 Å². The van der Waals surface area contributed by atoms with Gasteiger partial charge < -0.3 is 19.3 Å². The number of phenols is 1. The average Bonchev–Trinajstić information content (AvgIpc) is 0.935. The summed E-state index contributed by atoms with van der Waals surface area (Å²) in [6, 6.07) is 22.2. The lowest BCUT2D eigenvalue weighted by molar-refractivity contribution is -0.394. The Hall–Kier alpha value is -10.5. The molecule has 8 bridgehead atoms. The van der Waals surface area contributed by atoms with Crippen LogP contribution >= 0.6 is 0 Å². The molecule has 0 fully saturated rings. The van der Waals surface area contributed by atoms with E-state index in [0.29, 0.717) is 45.5 Å². The molecule has 0 saturated heterocycles. The summed E-state index contributed by atoms with van der Waals surface area (Å²) in [5.74, 6) is -2.83. The monoisotopic (exact) mass is 1220 g/mol. The van der Waals surface area contributed by atoms with Crippen LogP contribution in [0.25, 0.3) is 0 Å². The van der Waals surface area contributed by atoms with Crippen LogP contribution in [0.3, 0.4) is 0 Å². The highest BCUT2D eigenvalue weighted by atomic mass is 16.6. The molecule has 1 aliphatic rings. The summed E-state index contributed by atoms with van der Waals surface area (Å²) in [5.41, 5.74) is -2.64. The van der Waals surface area contributed by atoms with Crippen LogP contribution in [-0.4, -0.2) is 46.6 Å². The van der Waals surface area contributed by atoms with E-state index in [1.54, 1.807) is 30.3 Å². The average molecular weight is 1220 g/mol. The van der Waals surface area contributed by atoms with Gasteiger partial charge in [-0.05, 0) is 66.2 Å². The number of phenolic OH excluding ortho intramolecular Hbond substituents is 1. The largest absolute Gasteiger partial charge is 0.507 e. The molecule has 8 rings (SSSR count). The van der Waals surface area contributed by atoms with Crippen molar-refractivity contribution < 1.29 is 58.4 Å². The summed E-state index contributed by atoms with van der Waals surface area (Å²) in [6.45, 7) is 22.9. The van der Waals surface area contributed by atoms with E-state index in [2.05, 4.69) is 0 Å². The van der Waals surface area contributed by atoms with Crippen LogP contribution in [0.2, 0.25) is 0 Å². The van der Waals surface area contributed by atoms with Crippen molar-refractivity contribution in [3.05, 3.63) is 247 Å². The van der Waals surface area contributed by atoms with Crippen LogP contribution in [0, 0.1) is 60.7 Å². The summed E-state index contributed by atoms with van der Waals surface area (Å²) < 4.78 is 19.7. The molecule has 0 heterocycles. The third-order valence-electron chi connectivity index (χ3n) is 15.3. The number of nitro benzene ring substituents is 6. The second-order valence-electron chi connectivity index (χ2n) is 26.2. The zero-order valence-corrected chi connectivity index (χ0v) is 50.9. The van der Waals surface area contributed by atoms with E-state index >= 15 is 0 Å². The Morgan fingerprint density at radius 1 is 0.360 bits per heavy atom. The Kier molecular flexibility index (Phi) is 17.4. The summed E-state index contributed by atoms with van der Waals surface area (Å²) >= 11 is 0. The molecule has 0 unspecified atom stereocenters. The van der Waals surface area contributed by atoms with Gasteiger partial charge in [0.25, 0.3) is 34.1 Å². The van der Waals surface area contributed by atoms with Crippen molar-refractivity contribution >= 4 is 46.1 Å². The number of carbonyl (C=O) groups is 2. The third kappa shape index (κ3) is 14.5. The lowest BCUT2D eigenvalue weighted by Gasteiger charge is -2.28. The van der Waals surface area contributed by atoms with Gasteiger partial charge in [0.2, 0.25) is 0 Å². The first kappa shape index (κ1) is 64.5. The Balaban J connectivity index is 1.52. The SMILES string of the molecule is CC(C)(C)c1cc2c(O)c(c1)Cc1cc(C(C)(C)C)cc(c1OC(=O)c1cc([N+](=O)[O-])cc([N+](=O)[O-])c1)Cc1cc(C(C)(C)C)cc(c1OC(=O)c1cc([N+](=O)[O-])cc([N+](=O)[O-])c1)Cc1cc(C(C)(C)C)cc(c1OCc1cc([N+](=O)[O-])cc([N+](=O)[O-])c1)C2. The van der Waals surface area contributed by atoms with Gasteiger partial charge in [-0.2, -0.15) is 0 Å². The van der Waals surface area contributed by atoms with E-state index < -0.39 is 115 Å². The minimum Gasteiger partial charge on any atom is -0.507 e. The molecule has 1 N–H and O–H groups in total. The number of non-ortho nitro benzene ring substituents is 6. The second kappa shape index (κ2) is 24.0. The van der Waals surface area contributed by atoms with E-state index in [1.165, 1.54) is 0 Å². The number of ether oxygens (including phenoxy) is 3. The maximum Gasteiger partial charge on any atom is 0.344 e. The van der Waals surface area contributed by atoms with E-state index in [1.807, 2.05) is 101 Å². The highest BCUT2D eigenvalue weighted by Gasteiger charge is 2.33. The molecule has 462 valence electrons. The molecule has 24 nitrogen and oxygen atoms in total. The Labute approximate surface area is 510 Å². The summed E-state index contributed by atoms with van der Waals surface area (Å²) in [7, 11) is 0. The molecule has 1 aliphatic carbocycles. The molecule has 7 aromatic rings. The van der Waals surface area contributed by atoms with Crippen molar-refractivity contribution in [1.82, 2.24) is 0 Å². The summed E-state index contributed by atoms with van der Waals surface area (Å²) in [5, 5.41) is 85.9. The minimum atomic E-state index is -1.27. The molecule has 0 atom stereocenters. The van der Waals surface area contributed by atoms with Gasteiger partial charge in [-0.3, -0.25) is 60.7 Å². The van der Waals surface area contributed by atoms with Crippen LogP contribution in [0.15, 0.2) is 103 Å². The van der Waals surface area contributed by atoms with Crippen LogP contribution in [0.5, 0.6) is 23.0 Å². The van der Waals surface area contributed by atoms with Gasteiger partial charge >= 0.3 is 11.9 Å². The van der Waals surface area contributed by atoms with Crippen molar-refractivity contribution in [2.45, 2.75) is 137 Å². The Morgan fingerprint density at radius 2 is 0.584 bits per heavy atom. The molecule has 7 aromatic carbocycles. The predicted molar refractivity (Wildman–Crippen MR) is 327 cm³/mol. The minimum absolute atomic E-state index is 0.0540. The first-order valence-electron chi connectivity index (χ1n) is 28.0. The predicted octanol–water partition coefficient (Wildman–Crippen LogP) is 14.7. The van der Waals surface area contributed by atoms with Crippen LogP contribution < -0.4 is 14.2 Å². The van der Waals surface area contributed by atoms with E-state index in [9.17, 15) is 75.4 Å². The second-order valence-corrected chi connectivity index (χ2v) is 26.2. The highest BCUT2D eigenvalue weighted by Crippen LogP contribution is 2.45. The van der Waals surface area contributed by atoms with Crippen LogP contribution in [0.4, 0.5) is 34.1 Å². The number of carbonyl (C=O) groups excluding carboxylic acids is 2. The highest BCUT2D eigenvalue weighted by molar-refractivity contribution is 5.94. The van der Waals surface area contributed by atoms with Gasteiger partial charge in [0.05, 0.1) is 58.9 Å². The zero-order chi connectivity index (χ0) is 65.7. The van der Waals surface area contributed by atoms with Gasteiger partial charge in [0.1, 0.15) is 29.6 Å². The molecule has 0 amide bonds. The topological polar surface area (TPSA) is 341 Å². The van der Waals surface area contributed by atoms with Crippen molar-refractivity contribution in [2.24, 2.45) is 0 Å². The fourth-order valence-electron chi connectivity index (χ4n) is 10.3. The number of esters is 2. The molecule has 0 radical (unpaired) electrons. The Morgan fingerprint density at radius 3 is 0.831 bits per heavy atom. The Bertz CT molecular complexity index is 4070. The number of hydrogen-bond acceptors (Lipinski definition) is 18. The normalized spacial score (nSPS) is 12.6. The van der Waals surface area contributed by atoms with Gasteiger partial charge in [0, 0.05) is 89.9 Å². The van der Waals surface area contributed by atoms with Crippen molar-refractivity contribution in [3.8, 4) is 23.0 Å². The summed E-state index contributed by atoms with van der Waals surface area (Å²) in [4.78, 5) is 97.6. The molecule has 0 aliphatic heterocycles. The molecule has 0 aromatic heterocycles. The molecule has 24 heteroatoms. The number of benzene rings is 7. The quantitative estimate of drug-likeness (QED) is 0.0485. The molecular weight excluding hydrogens is 1150 g/mol. The first-order chi connectivity index (χ1) is 41.2. The van der Waals surface area contributed by atoms with E-state index in [4.69, 9.17) is 14.2 Å². The number of rotatable bonds is 13. The van der Waals surface area contributed by atoms with E-state index in [0.717, 1.165) is 53.6 Å². The smallest absolute Gasteiger partial charge is 0.344 e. The lowest BCUT2D eigenvalue weighted by atomic mass is 9.79. The maximum absolute atomic E-state index is 14.9. The summed E-state index contributed by atoms with van der Waals surface area (Å²) in [6.07, 6.45) is -0.758. The van der Waals surface area contributed by atoms with E-state index in [-0.39, 0.29) is 76.5 Å². The molecule has 89 heavy (non-hydrogen) atoms. The molecule has 0 spiro atoms. The number of nitro groups is 6. The van der Waals surface area contributed by atoms with Gasteiger partial charge in [-0.25, -0.2) is 9.59 Å². The zero-order valence-electron chi connectivity index (χ0n) is 50.9. The van der Waals surface area contributed by atoms with Gasteiger partial charge in [-0.15, -0.1) is 0 Å². The number of aromatic hydroxyl groups is 1. The third-order valence-corrected chi connectivity index (χ3v) is 15.3. The number of nitrogens with zero attached hydrogens (tertiary/aromatic N) is 6. The van der Waals surface area contributed by atoms with Crippen molar-refractivity contribution in [3.63, 3.8) is 0 Å². The van der Waals surface area contributed by atoms with Gasteiger partial charge in [0.15, 0.2) is 0 Å².